The molecule has 140 valence electrons. The van der Waals surface area contributed by atoms with Gasteiger partial charge in [-0.2, -0.15) is 5.10 Å². The van der Waals surface area contributed by atoms with Crippen LogP contribution < -0.4 is 10.6 Å². The van der Waals surface area contributed by atoms with Crippen LogP contribution >= 0.6 is 23.8 Å². The van der Waals surface area contributed by atoms with Crippen molar-refractivity contribution in [1.82, 2.24) is 9.78 Å². The fourth-order valence-electron chi connectivity index (χ4n) is 2.68. The summed E-state index contributed by atoms with van der Waals surface area (Å²) >= 11 is 11.5. The summed E-state index contributed by atoms with van der Waals surface area (Å²) in [5.74, 6) is 0.277. The van der Waals surface area contributed by atoms with E-state index < -0.39 is 0 Å². The second kappa shape index (κ2) is 8.06. The third-order valence-electron chi connectivity index (χ3n) is 4.20. The Balaban J connectivity index is 1.70. The highest BCUT2D eigenvalue weighted by atomic mass is 35.5. The van der Waals surface area contributed by atoms with E-state index >= 15 is 0 Å². The highest BCUT2D eigenvalue weighted by molar-refractivity contribution is 7.80. The standard InChI is InChI=1S/C20H20ClFN4S/c1-12-4-5-13(2)18(8-12)23-20(27)24-19-9-14(3)26(25-19)11-15-6-7-16(22)10-17(15)21/h4-10H,11H2,1-3H3,(H2,23,24,25,27). The smallest absolute Gasteiger partial charge is 0.176 e. The zero-order valence-corrected chi connectivity index (χ0v) is 16.9. The molecule has 0 spiro atoms. The highest BCUT2D eigenvalue weighted by Gasteiger charge is 2.10. The minimum atomic E-state index is -0.355. The fraction of sp³-hybridized carbons (Fsp3) is 0.200. The van der Waals surface area contributed by atoms with Gasteiger partial charge in [0, 0.05) is 22.5 Å². The average molecular weight is 403 g/mol. The second-order valence-corrected chi connectivity index (χ2v) is 7.28. The molecule has 0 radical (unpaired) electrons. The van der Waals surface area contributed by atoms with E-state index in [-0.39, 0.29) is 5.82 Å². The van der Waals surface area contributed by atoms with E-state index in [1.165, 1.54) is 12.1 Å². The largest absolute Gasteiger partial charge is 0.332 e. The summed E-state index contributed by atoms with van der Waals surface area (Å²) in [6.07, 6.45) is 0. The molecule has 0 bridgehead atoms. The predicted molar refractivity (Wildman–Crippen MR) is 113 cm³/mol. The SMILES string of the molecule is Cc1ccc(C)c(NC(=S)Nc2cc(C)n(Cc3ccc(F)cc3Cl)n2)c1. The van der Waals surface area contributed by atoms with E-state index in [0.29, 0.717) is 22.5 Å². The van der Waals surface area contributed by atoms with Crippen LogP contribution in [0.5, 0.6) is 0 Å². The Morgan fingerprint density at radius 3 is 2.63 bits per heavy atom. The van der Waals surface area contributed by atoms with Crippen LogP contribution in [0.2, 0.25) is 5.02 Å². The van der Waals surface area contributed by atoms with Crippen molar-refractivity contribution in [3.8, 4) is 0 Å². The number of aromatic nitrogens is 2. The van der Waals surface area contributed by atoms with Crippen LogP contribution in [0.3, 0.4) is 0 Å². The number of thiocarbonyl (C=S) groups is 1. The van der Waals surface area contributed by atoms with Gasteiger partial charge in [-0.3, -0.25) is 4.68 Å². The number of rotatable bonds is 4. The maximum Gasteiger partial charge on any atom is 0.176 e. The molecule has 2 aromatic carbocycles. The van der Waals surface area contributed by atoms with Gasteiger partial charge in [-0.1, -0.05) is 29.8 Å². The van der Waals surface area contributed by atoms with Gasteiger partial charge >= 0.3 is 0 Å². The molecule has 1 aromatic heterocycles. The van der Waals surface area contributed by atoms with Crippen molar-refractivity contribution in [1.29, 1.82) is 0 Å². The van der Waals surface area contributed by atoms with Gasteiger partial charge in [-0.25, -0.2) is 4.39 Å². The van der Waals surface area contributed by atoms with Crippen LogP contribution in [0.25, 0.3) is 0 Å². The quantitative estimate of drug-likeness (QED) is 0.569. The van der Waals surface area contributed by atoms with Crippen LogP contribution in [-0.2, 0) is 6.54 Å². The van der Waals surface area contributed by atoms with Crippen molar-refractivity contribution in [3.63, 3.8) is 0 Å². The molecule has 0 amide bonds. The Kier molecular flexibility index (Phi) is 5.77. The summed E-state index contributed by atoms with van der Waals surface area (Å²) in [6.45, 7) is 6.45. The lowest BCUT2D eigenvalue weighted by molar-refractivity contribution is 0.623. The van der Waals surface area contributed by atoms with Crippen molar-refractivity contribution >= 4 is 40.4 Å². The maximum atomic E-state index is 13.2. The average Bonchev–Trinajstić information content (AvgIpc) is 2.92. The van der Waals surface area contributed by atoms with Crippen molar-refractivity contribution in [3.05, 3.63) is 75.7 Å². The Hall–Kier alpha value is -2.44. The third kappa shape index (κ3) is 4.84. The zero-order chi connectivity index (χ0) is 19.6. The molecular weight excluding hydrogens is 383 g/mol. The number of hydrogen-bond acceptors (Lipinski definition) is 2. The summed E-state index contributed by atoms with van der Waals surface area (Å²) in [6, 6.07) is 12.4. The van der Waals surface area contributed by atoms with E-state index in [1.54, 1.807) is 10.7 Å². The van der Waals surface area contributed by atoms with Gasteiger partial charge in [0.2, 0.25) is 0 Å². The molecule has 2 N–H and O–H groups in total. The zero-order valence-electron chi connectivity index (χ0n) is 15.3. The monoisotopic (exact) mass is 402 g/mol. The Morgan fingerprint density at radius 1 is 1.11 bits per heavy atom. The van der Waals surface area contributed by atoms with E-state index in [0.717, 1.165) is 28.1 Å². The number of aryl methyl sites for hydroxylation is 3. The first-order valence-electron chi connectivity index (χ1n) is 8.45. The molecule has 0 aliphatic rings. The number of benzene rings is 2. The maximum absolute atomic E-state index is 13.2. The van der Waals surface area contributed by atoms with E-state index in [2.05, 4.69) is 21.8 Å². The third-order valence-corrected chi connectivity index (χ3v) is 4.76. The molecule has 0 saturated carbocycles. The van der Waals surface area contributed by atoms with Gasteiger partial charge in [-0.05, 0) is 67.9 Å². The molecule has 7 heteroatoms. The Bertz CT molecular complexity index is 1000. The van der Waals surface area contributed by atoms with Crippen molar-refractivity contribution < 1.29 is 4.39 Å². The Labute approximate surface area is 168 Å². The molecule has 4 nitrogen and oxygen atoms in total. The van der Waals surface area contributed by atoms with Gasteiger partial charge < -0.3 is 10.6 Å². The molecular formula is C20H20ClFN4S. The van der Waals surface area contributed by atoms with Crippen LogP contribution in [0.1, 0.15) is 22.4 Å². The van der Waals surface area contributed by atoms with Gasteiger partial charge in [-0.15, -0.1) is 0 Å². The van der Waals surface area contributed by atoms with Crippen molar-refractivity contribution in [2.45, 2.75) is 27.3 Å². The molecule has 27 heavy (non-hydrogen) atoms. The van der Waals surface area contributed by atoms with Crippen LogP contribution in [-0.4, -0.2) is 14.9 Å². The number of hydrogen-bond donors (Lipinski definition) is 2. The van der Waals surface area contributed by atoms with Gasteiger partial charge in [0.25, 0.3) is 0 Å². The van der Waals surface area contributed by atoms with Crippen molar-refractivity contribution in [2.24, 2.45) is 0 Å². The topological polar surface area (TPSA) is 41.9 Å². The lowest BCUT2D eigenvalue weighted by Crippen LogP contribution is -2.20. The predicted octanol–water partition coefficient (Wildman–Crippen LogP) is 5.46. The fourth-order valence-corrected chi connectivity index (χ4v) is 3.12. The first kappa shape index (κ1) is 19.3. The lowest BCUT2D eigenvalue weighted by atomic mass is 10.1. The second-order valence-electron chi connectivity index (χ2n) is 6.46. The van der Waals surface area contributed by atoms with Gasteiger partial charge in [0.15, 0.2) is 10.9 Å². The number of nitrogens with one attached hydrogen (secondary N) is 2. The summed E-state index contributed by atoms with van der Waals surface area (Å²) in [7, 11) is 0. The minimum absolute atomic E-state index is 0.355. The first-order valence-corrected chi connectivity index (χ1v) is 9.24. The molecule has 0 unspecified atom stereocenters. The summed E-state index contributed by atoms with van der Waals surface area (Å²) in [5.41, 5.74) is 4.96. The van der Waals surface area contributed by atoms with E-state index in [1.807, 2.05) is 39.0 Å². The van der Waals surface area contributed by atoms with Crippen LogP contribution in [0.15, 0.2) is 42.5 Å². The van der Waals surface area contributed by atoms with Crippen LogP contribution in [0, 0.1) is 26.6 Å². The highest BCUT2D eigenvalue weighted by Crippen LogP contribution is 2.20. The van der Waals surface area contributed by atoms with E-state index in [4.69, 9.17) is 23.8 Å². The lowest BCUT2D eigenvalue weighted by Gasteiger charge is -2.12. The number of halogens is 2. The molecule has 0 fully saturated rings. The Morgan fingerprint density at radius 2 is 1.89 bits per heavy atom. The van der Waals surface area contributed by atoms with E-state index in [9.17, 15) is 4.39 Å². The number of nitrogens with zero attached hydrogens (tertiary/aromatic N) is 2. The van der Waals surface area contributed by atoms with Crippen LogP contribution in [0.4, 0.5) is 15.9 Å². The van der Waals surface area contributed by atoms with Crippen molar-refractivity contribution in [2.75, 3.05) is 10.6 Å². The number of anilines is 2. The summed E-state index contributed by atoms with van der Waals surface area (Å²) in [4.78, 5) is 0. The minimum Gasteiger partial charge on any atom is -0.332 e. The molecule has 3 aromatic rings. The summed E-state index contributed by atoms with van der Waals surface area (Å²) in [5, 5.41) is 11.7. The molecule has 1 heterocycles. The van der Waals surface area contributed by atoms with Gasteiger partial charge in [0.05, 0.1) is 6.54 Å². The molecule has 3 rings (SSSR count). The molecule has 0 saturated heterocycles. The first-order chi connectivity index (χ1) is 12.8. The normalized spacial score (nSPS) is 10.7. The van der Waals surface area contributed by atoms with Gasteiger partial charge in [0.1, 0.15) is 5.82 Å². The summed E-state index contributed by atoms with van der Waals surface area (Å²) < 4.78 is 15.0. The molecule has 0 aliphatic carbocycles. The molecule has 0 aliphatic heterocycles. The molecule has 0 atom stereocenters.